The lowest BCUT2D eigenvalue weighted by Gasteiger charge is -2.45. The summed E-state index contributed by atoms with van der Waals surface area (Å²) in [6.07, 6.45) is -4.81. The molecule has 2 aromatic carbocycles. The van der Waals surface area contributed by atoms with Crippen LogP contribution in [0, 0.1) is 12.7 Å². The summed E-state index contributed by atoms with van der Waals surface area (Å²) in [4.78, 5) is 52.3. The molecule has 1 fully saturated rings. The number of esters is 4. The van der Waals surface area contributed by atoms with Crippen molar-refractivity contribution < 1.29 is 47.3 Å². The van der Waals surface area contributed by atoms with Crippen LogP contribution in [0.1, 0.15) is 81.0 Å². The first kappa shape index (κ1) is 35.8. The lowest BCUT2D eigenvalue weighted by atomic mass is 9.88. The zero-order chi connectivity index (χ0) is 34.1. The third kappa shape index (κ3) is 9.26. The van der Waals surface area contributed by atoms with Crippen molar-refractivity contribution in [2.75, 3.05) is 6.61 Å². The highest BCUT2D eigenvalue weighted by Gasteiger charge is 2.53. The molecular weight excluding hydrogens is 627 g/mol. The van der Waals surface area contributed by atoms with Gasteiger partial charge in [0, 0.05) is 41.9 Å². The van der Waals surface area contributed by atoms with Crippen molar-refractivity contribution in [2.24, 2.45) is 0 Å². The molecule has 1 aliphatic heterocycles. The molecule has 1 aliphatic rings. The molecule has 0 radical (unpaired) electrons. The van der Waals surface area contributed by atoms with E-state index in [4.69, 9.17) is 23.7 Å². The highest BCUT2D eigenvalue weighted by Crippen LogP contribution is 2.39. The maximum atomic E-state index is 13.5. The van der Waals surface area contributed by atoms with Gasteiger partial charge in [-0.05, 0) is 53.4 Å². The van der Waals surface area contributed by atoms with Gasteiger partial charge in [-0.2, -0.15) is 0 Å². The lowest BCUT2D eigenvalue weighted by Crippen LogP contribution is -2.59. The van der Waals surface area contributed by atoms with Crippen LogP contribution < -0.4 is 0 Å². The fraction of sp³-hybridized carbons (Fsp3) is 0.444. The molecule has 252 valence electrons. The third-order valence-corrected chi connectivity index (χ3v) is 8.99. The monoisotopic (exact) mass is 668 g/mol. The van der Waals surface area contributed by atoms with Gasteiger partial charge in [-0.25, -0.2) is 4.39 Å². The Labute approximate surface area is 278 Å². The maximum Gasteiger partial charge on any atom is 0.306 e. The largest absolute Gasteiger partial charge is 0.463 e. The molecule has 9 nitrogen and oxygen atoms in total. The number of thiophene rings is 1. The summed E-state index contributed by atoms with van der Waals surface area (Å²) < 4.78 is 42.8. The summed E-state index contributed by atoms with van der Waals surface area (Å²) in [5, 5.41) is 0. The quantitative estimate of drug-likeness (QED) is 0.143. The Bertz CT molecular complexity index is 1550. The Morgan fingerprint density at radius 2 is 1.34 bits per heavy atom. The number of hydrogen-bond acceptors (Lipinski definition) is 10. The minimum absolute atomic E-state index is 0.0236. The fourth-order valence-corrected chi connectivity index (χ4v) is 6.23. The van der Waals surface area contributed by atoms with Gasteiger partial charge < -0.3 is 23.7 Å². The number of carbonyl (C=O) groups is 4. The lowest BCUT2D eigenvalue weighted by molar-refractivity contribution is -0.256. The summed E-state index contributed by atoms with van der Waals surface area (Å²) in [6.45, 7) is 8.24. The highest BCUT2D eigenvalue weighted by atomic mass is 32.1. The average Bonchev–Trinajstić information content (AvgIpc) is 3.54. The smallest absolute Gasteiger partial charge is 0.306 e. The zero-order valence-corrected chi connectivity index (χ0v) is 28.1. The number of rotatable bonds is 13. The van der Waals surface area contributed by atoms with E-state index in [0.717, 1.165) is 26.4 Å². The molecule has 0 saturated carbocycles. The summed E-state index contributed by atoms with van der Waals surface area (Å²) in [5.41, 5.74) is 3.56. The van der Waals surface area contributed by atoms with Gasteiger partial charge in [0.25, 0.3) is 0 Å². The average molecular weight is 669 g/mol. The Morgan fingerprint density at radius 3 is 1.96 bits per heavy atom. The van der Waals surface area contributed by atoms with E-state index < -0.39 is 54.4 Å². The van der Waals surface area contributed by atoms with Crippen molar-refractivity contribution in [3.8, 4) is 10.4 Å². The number of hydrogen-bond donors (Lipinski definition) is 0. The normalized spacial score (nSPS) is 20.7. The van der Waals surface area contributed by atoms with Crippen molar-refractivity contribution in [3.05, 3.63) is 82.0 Å². The molecule has 3 aromatic rings. The van der Waals surface area contributed by atoms with E-state index in [0.29, 0.717) is 12.0 Å². The van der Waals surface area contributed by atoms with Crippen LogP contribution in [-0.4, -0.2) is 54.9 Å². The molecular formula is C36H41FO9S. The van der Waals surface area contributed by atoms with E-state index in [2.05, 4.69) is 0 Å². The Morgan fingerprint density at radius 1 is 0.745 bits per heavy atom. The second kappa shape index (κ2) is 16.6. The first-order valence-corrected chi connectivity index (χ1v) is 16.7. The standard InChI is InChI=1S/C36H41FO9S/c1-6-29(38)42-20-27-34(44-30(39)7-2)36(46-32(41)9-4)35(45-31(40)8-3)33(43-27)23-11-10-21(5)24(18-23)19-26-16-17-28(47-26)22-12-14-25(37)15-13-22/h10-18,27,33-36H,6-9,19-20H2,1-5H3/t27-,33+,34-,35+,36+/m1/s1. The summed E-state index contributed by atoms with van der Waals surface area (Å²) in [6, 6.07) is 16.1. The van der Waals surface area contributed by atoms with E-state index in [9.17, 15) is 23.6 Å². The predicted octanol–water partition coefficient (Wildman–Crippen LogP) is 6.81. The first-order valence-electron chi connectivity index (χ1n) is 15.9. The highest BCUT2D eigenvalue weighted by molar-refractivity contribution is 7.15. The van der Waals surface area contributed by atoms with E-state index in [1.165, 1.54) is 12.1 Å². The van der Waals surface area contributed by atoms with Gasteiger partial charge in [0.15, 0.2) is 18.3 Å². The third-order valence-electron chi connectivity index (χ3n) is 7.86. The van der Waals surface area contributed by atoms with Crippen LogP contribution in [0.4, 0.5) is 4.39 Å². The molecule has 1 aromatic heterocycles. The van der Waals surface area contributed by atoms with Crippen LogP contribution >= 0.6 is 11.3 Å². The van der Waals surface area contributed by atoms with Gasteiger partial charge >= 0.3 is 23.9 Å². The Hall–Kier alpha value is -4.09. The van der Waals surface area contributed by atoms with E-state index in [-0.39, 0.29) is 38.1 Å². The van der Waals surface area contributed by atoms with E-state index >= 15 is 0 Å². The van der Waals surface area contributed by atoms with Crippen LogP contribution in [0.2, 0.25) is 0 Å². The van der Waals surface area contributed by atoms with Gasteiger partial charge in [0.05, 0.1) is 0 Å². The molecule has 4 rings (SSSR count). The van der Waals surface area contributed by atoms with Crippen LogP contribution in [0.25, 0.3) is 10.4 Å². The van der Waals surface area contributed by atoms with Gasteiger partial charge in [-0.15, -0.1) is 11.3 Å². The molecule has 47 heavy (non-hydrogen) atoms. The number of halogens is 1. The number of aryl methyl sites for hydroxylation is 1. The Kier molecular flexibility index (Phi) is 12.7. The molecule has 0 spiro atoms. The van der Waals surface area contributed by atoms with Gasteiger partial charge in [0.1, 0.15) is 24.6 Å². The second-order valence-corrected chi connectivity index (χ2v) is 12.4. The Balaban J connectivity index is 1.73. The zero-order valence-electron chi connectivity index (χ0n) is 27.3. The molecule has 11 heteroatoms. The summed E-state index contributed by atoms with van der Waals surface area (Å²) in [5.74, 6) is -2.51. The molecule has 0 N–H and O–H groups in total. The van der Waals surface area contributed by atoms with Crippen molar-refractivity contribution in [3.63, 3.8) is 0 Å². The second-order valence-electron chi connectivity index (χ2n) is 11.2. The minimum atomic E-state index is -1.24. The summed E-state index contributed by atoms with van der Waals surface area (Å²) in [7, 11) is 0. The van der Waals surface area contributed by atoms with E-state index in [1.54, 1.807) is 51.2 Å². The molecule has 0 bridgehead atoms. The predicted molar refractivity (Wildman–Crippen MR) is 173 cm³/mol. The number of ether oxygens (including phenoxy) is 5. The van der Waals surface area contributed by atoms with Gasteiger partial charge in [-0.1, -0.05) is 58.0 Å². The van der Waals surface area contributed by atoms with Crippen molar-refractivity contribution in [1.29, 1.82) is 0 Å². The van der Waals surface area contributed by atoms with Crippen LogP contribution in [0.15, 0.2) is 54.6 Å². The molecule has 0 amide bonds. The molecule has 0 aliphatic carbocycles. The van der Waals surface area contributed by atoms with Crippen LogP contribution in [-0.2, 0) is 49.3 Å². The number of carbonyl (C=O) groups excluding carboxylic acids is 4. The minimum Gasteiger partial charge on any atom is -0.463 e. The van der Waals surface area contributed by atoms with Crippen molar-refractivity contribution >= 4 is 35.2 Å². The summed E-state index contributed by atoms with van der Waals surface area (Å²) >= 11 is 1.60. The van der Waals surface area contributed by atoms with Gasteiger partial charge in [-0.3, -0.25) is 19.2 Å². The molecule has 0 unspecified atom stereocenters. The van der Waals surface area contributed by atoms with Crippen LogP contribution in [0.5, 0.6) is 0 Å². The number of benzene rings is 2. The SMILES string of the molecule is CCC(=O)OC[C@H]1O[C@@H](c2ccc(C)c(Cc3ccc(-c4ccc(F)cc4)s3)c2)[C@H](OC(=O)CC)[C@@H](OC(=O)CC)[C@@H]1OC(=O)CC. The van der Waals surface area contributed by atoms with Crippen molar-refractivity contribution in [2.45, 2.75) is 97.2 Å². The molecule has 5 atom stereocenters. The first-order chi connectivity index (χ1) is 22.6. The van der Waals surface area contributed by atoms with Crippen LogP contribution in [0.3, 0.4) is 0 Å². The molecule has 2 heterocycles. The maximum absolute atomic E-state index is 13.5. The van der Waals surface area contributed by atoms with Gasteiger partial charge in [0.2, 0.25) is 0 Å². The van der Waals surface area contributed by atoms with Crippen molar-refractivity contribution in [1.82, 2.24) is 0 Å². The molecule has 1 saturated heterocycles. The fourth-order valence-electron chi connectivity index (χ4n) is 5.19. The topological polar surface area (TPSA) is 114 Å². The van der Waals surface area contributed by atoms with E-state index in [1.807, 2.05) is 37.3 Å².